The summed E-state index contributed by atoms with van der Waals surface area (Å²) in [5.74, 6) is 1.97. The van der Waals surface area contributed by atoms with Gasteiger partial charge in [-0.1, -0.05) is 121 Å². The van der Waals surface area contributed by atoms with Crippen molar-refractivity contribution in [3.63, 3.8) is 0 Å². The predicted molar refractivity (Wildman–Crippen MR) is 210 cm³/mol. The first-order valence-electron chi connectivity index (χ1n) is 18.4. The molecule has 1 N–H and O–H groups in total. The smallest absolute Gasteiger partial charge is 0.260 e. The van der Waals surface area contributed by atoms with E-state index in [0.29, 0.717) is 0 Å². The van der Waals surface area contributed by atoms with Crippen molar-refractivity contribution in [2.75, 3.05) is 26.2 Å². The monoisotopic (exact) mass is 698 g/mol. The lowest BCUT2D eigenvalue weighted by Gasteiger charge is -2.37. The fourth-order valence-corrected chi connectivity index (χ4v) is 10.8. The first-order chi connectivity index (χ1) is 24.5. The van der Waals surface area contributed by atoms with E-state index in [1.165, 1.54) is 22.3 Å². The number of benzene rings is 4. The maximum absolute atomic E-state index is 6.04. The van der Waals surface area contributed by atoms with Crippen molar-refractivity contribution in [3.05, 3.63) is 144 Å². The van der Waals surface area contributed by atoms with Crippen molar-refractivity contribution < 1.29 is 0 Å². The Morgan fingerprint density at radius 2 is 0.902 bits per heavy atom. The van der Waals surface area contributed by atoms with E-state index >= 15 is 0 Å². The number of hydrogen-bond donors (Lipinski definition) is 1. The van der Waals surface area contributed by atoms with Gasteiger partial charge < -0.3 is 19.6 Å². The van der Waals surface area contributed by atoms with Crippen LogP contribution in [0.4, 0.5) is 0 Å². The van der Waals surface area contributed by atoms with Crippen LogP contribution >= 0.6 is 7.51 Å². The molecule has 5 atom stereocenters. The molecule has 0 saturated carbocycles. The summed E-state index contributed by atoms with van der Waals surface area (Å²) in [6.45, 7) is 17.3. The largest absolute Gasteiger partial charge is 0.336 e. The number of guanidine groups is 2. The molecule has 0 radical (unpaired) electrons. The van der Waals surface area contributed by atoms with Gasteiger partial charge in [-0.15, -0.1) is 0 Å². The molecule has 2 fully saturated rings. The normalized spacial score (nSPS) is 26.5. The van der Waals surface area contributed by atoms with Gasteiger partial charge in [-0.2, -0.15) is 9.53 Å². The molecule has 9 heteroatoms. The second-order valence-electron chi connectivity index (χ2n) is 16.1. The zero-order chi connectivity index (χ0) is 35.4. The lowest BCUT2D eigenvalue weighted by Crippen LogP contribution is -2.46. The minimum Gasteiger partial charge on any atom is -0.336 e. The molecule has 1 unspecified atom stereocenters. The fraction of sp³-hybridized carbons (Fsp3) is 0.381. The van der Waals surface area contributed by atoms with E-state index in [1.807, 2.05) is 0 Å². The fourth-order valence-electron chi connectivity index (χ4n) is 8.26. The molecule has 4 aliphatic rings. The number of fused-ring (bicyclic) bond motifs is 2. The Morgan fingerprint density at radius 1 is 0.510 bits per heavy atom. The summed E-state index contributed by atoms with van der Waals surface area (Å²) in [5, 5.41) is 4.24. The molecule has 0 aromatic heterocycles. The summed E-state index contributed by atoms with van der Waals surface area (Å²) in [5.41, 5.74) is 4.59. The Labute approximate surface area is 304 Å². The van der Waals surface area contributed by atoms with Gasteiger partial charge in [-0.05, 0) is 63.8 Å². The van der Waals surface area contributed by atoms with Crippen LogP contribution in [0, 0.1) is 0 Å². The number of rotatable bonds is 4. The second-order valence-corrected chi connectivity index (χ2v) is 18.1. The average molecular weight is 699 g/mol. The second kappa shape index (κ2) is 13.0. The molecule has 0 amide bonds. The Hall–Kier alpha value is -4.39. The molecule has 8 nitrogen and oxygen atoms in total. The molecule has 4 heterocycles. The SMILES string of the molecule is CC(C)(C)N1CCN2C1=NP1(=N[C@@H](c3ccccc3)[C@@H]2c2ccccc2)N=C2N(CCN2C(C)(C)C)[C@@H](c2ccccc2)[C@H](c2ccccc2)N1. The highest BCUT2D eigenvalue weighted by Gasteiger charge is 2.50. The highest BCUT2D eigenvalue weighted by molar-refractivity contribution is 7.62. The van der Waals surface area contributed by atoms with Gasteiger partial charge in [0.05, 0.1) is 18.1 Å². The summed E-state index contributed by atoms with van der Waals surface area (Å²) >= 11 is 0. The molecular weight excluding hydrogens is 647 g/mol. The Bertz CT molecular complexity index is 1950. The number of hydrogen-bond acceptors (Lipinski definition) is 8. The lowest BCUT2D eigenvalue weighted by atomic mass is 9.93. The quantitative estimate of drug-likeness (QED) is 0.216. The molecule has 8 rings (SSSR count). The van der Waals surface area contributed by atoms with Gasteiger partial charge in [0.25, 0.3) is 7.51 Å². The third-order valence-corrected chi connectivity index (χ3v) is 12.8. The van der Waals surface area contributed by atoms with Crippen LogP contribution in [0.2, 0.25) is 0 Å². The molecule has 4 aliphatic heterocycles. The van der Waals surface area contributed by atoms with Crippen LogP contribution in [-0.4, -0.2) is 68.8 Å². The van der Waals surface area contributed by atoms with Crippen LogP contribution in [-0.2, 0) is 0 Å². The Balaban J connectivity index is 1.46. The van der Waals surface area contributed by atoms with Gasteiger partial charge in [0.2, 0.25) is 11.9 Å². The van der Waals surface area contributed by atoms with E-state index in [0.717, 1.165) is 38.1 Å². The molecule has 264 valence electrons. The van der Waals surface area contributed by atoms with E-state index < -0.39 is 7.51 Å². The van der Waals surface area contributed by atoms with E-state index in [1.54, 1.807) is 0 Å². The van der Waals surface area contributed by atoms with Crippen molar-refractivity contribution in [2.24, 2.45) is 14.3 Å². The van der Waals surface area contributed by atoms with Crippen molar-refractivity contribution >= 4 is 19.4 Å². The lowest BCUT2D eigenvalue weighted by molar-refractivity contribution is 0.257. The van der Waals surface area contributed by atoms with Gasteiger partial charge >= 0.3 is 0 Å². The van der Waals surface area contributed by atoms with Crippen LogP contribution in [0.15, 0.2) is 136 Å². The zero-order valence-electron chi connectivity index (χ0n) is 30.8. The molecule has 4 aromatic carbocycles. The summed E-state index contributed by atoms with van der Waals surface area (Å²) in [6.07, 6.45) is 0. The maximum atomic E-state index is 6.04. The standard InChI is InChI=1S/C42H51N8P/c1-41(2,3)49-29-27-47-37(33-23-15-9-16-24-33)35(31-19-11-7-12-20-31)43-51(45-39(47)49)44-36(32-21-13-8-14-22-32)38(34-25-17-10-18-26-34)48-28-30-50(40(48)46-51)42(4,5)6/h7-26,35-38,43H,27-30H2,1-6H3/t35-,36-,37-,38-,51?/m0/s1. The molecule has 0 bridgehead atoms. The van der Waals surface area contributed by atoms with E-state index in [-0.39, 0.29) is 35.2 Å². The van der Waals surface area contributed by atoms with Crippen LogP contribution in [0.1, 0.15) is 88.0 Å². The summed E-state index contributed by atoms with van der Waals surface area (Å²) in [6, 6.07) is 43.2. The zero-order valence-corrected chi connectivity index (χ0v) is 31.7. The predicted octanol–water partition coefficient (Wildman–Crippen LogP) is 9.06. The molecule has 51 heavy (non-hydrogen) atoms. The van der Waals surface area contributed by atoms with Crippen LogP contribution in [0.3, 0.4) is 0 Å². The van der Waals surface area contributed by atoms with Gasteiger partial charge in [0, 0.05) is 37.3 Å². The van der Waals surface area contributed by atoms with Crippen LogP contribution < -0.4 is 5.09 Å². The molecule has 0 aliphatic carbocycles. The molecule has 1 spiro atoms. The van der Waals surface area contributed by atoms with E-state index in [2.05, 4.69) is 188 Å². The van der Waals surface area contributed by atoms with Gasteiger partial charge in [0.1, 0.15) is 6.04 Å². The number of nitrogens with one attached hydrogen (secondary N) is 1. The third kappa shape index (κ3) is 6.27. The topological polar surface area (TPSA) is 62.1 Å². The van der Waals surface area contributed by atoms with Crippen molar-refractivity contribution in [2.45, 2.75) is 76.8 Å². The first-order valence-corrected chi connectivity index (χ1v) is 20.1. The highest BCUT2D eigenvalue weighted by Crippen LogP contribution is 2.62. The maximum Gasteiger partial charge on any atom is 0.260 e. The van der Waals surface area contributed by atoms with Gasteiger partial charge in [-0.3, -0.25) is 0 Å². The average Bonchev–Trinajstić information content (AvgIpc) is 3.67. The summed E-state index contributed by atoms with van der Waals surface area (Å²) < 4.78 is 17.9. The van der Waals surface area contributed by atoms with Crippen molar-refractivity contribution in [3.8, 4) is 0 Å². The van der Waals surface area contributed by atoms with Crippen molar-refractivity contribution in [1.29, 1.82) is 0 Å². The molecule has 2 saturated heterocycles. The van der Waals surface area contributed by atoms with Gasteiger partial charge in [0.15, 0.2) is 0 Å². The van der Waals surface area contributed by atoms with Crippen molar-refractivity contribution in [1.82, 2.24) is 24.7 Å². The van der Waals surface area contributed by atoms with Gasteiger partial charge in [-0.25, -0.2) is 9.83 Å². The first kappa shape index (κ1) is 33.7. The third-order valence-electron chi connectivity index (χ3n) is 10.7. The highest BCUT2D eigenvalue weighted by atomic mass is 31.2. The molecular formula is C42H51N8P. The van der Waals surface area contributed by atoms with E-state index in [9.17, 15) is 0 Å². The summed E-state index contributed by atoms with van der Waals surface area (Å²) in [4.78, 5) is 10.0. The number of nitrogens with zero attached hydrogens (tertiary/aromatic N) is 7. The minimum absolute atomic E-state index is 0.0174. The Kier molecular flexibility index (Phi) is 8.59. The van der Waals surface area contributed by atoms with Crippen LogP contribution in [0.5, 0.6) is 0 Å². The van der Waals surface area contributed by atoms with Crippen LogP contribution in [0.25, 0.3) is 0 Å². The minimum atomic E-state index is -3.10. The summed E-state index contributed by atoms with van der Waals surface area (Å²) in [7, 11) is -3.10. The Morgan fingerprint density at radius 3 is 1.35 bits per heavy atom. The van der Waals surface area contributed by atoms with E-state index in [4.69, 9.17) is 14.3 Å². The molecule has 4 aromatic rings.